The minimum absolute atomic E-state index is 0.157. The molecule has 1 fully saturated rings. The van der Waals surface area contributed by atoms with Crippen molar-refractivity contribution in [1.29, 1.82) is 0 Å². The standard InChI is InChI=1S/C30H42N8O5/c1-5-37(16-14-33-35-31)23-10-6-21(7-11-23)26-28(40)27(29(26)41)22-8-12-24(13-9-22)38(17-15-34-36-32)18-19-42-20-25(39)43-30(2,3)4/h6-13,26-29,40-41H,5,14-20H2,1-4H3. The summed E-state index contributed by atoms with van der Waals surface area (Å²) in [4.78, 5) is 21.6. The molecule has 0 saturated heterocycles. The molecule has 13 nitrogen and oxygen atoms in total. The molecule has 43 heavy (non-hydrogen) atoms. The lowest BCUT2D eigenvalue weighted by molar-refractivity contribution is -0.160. The molecule has 232 valence electrons. The Bertz CT molecular complexity index is 1260. The molecule has 13 heteroatoms. The van der Waals surface area contributed by atoms with Gasteiger partial charge in [-0.2, -0.15) is 0 Å². The minimum Gasteiger partial charge on any atom is -0.458 e. The highest BCUT2D eigenvalue weighted by Gasteiger charge is 2.50. The second-order valence-electron chi connectivity index (χ2n) is 11.3. The number of azide groups is 2. The van der Waals surface area contributed by atoms with Crippen LogP contribution in [0.1, 0.15) is 50.7 Å². The number of rotatable bonds is 16. The van der Waals surface area contributed by atoms with Crippen molar-refractivity contribution >= 4 is 17.3 Å². The van der Waals surface area contributed by atoms with Crippen molar-refractivity contribution in [3.8, 4) is 0 Å². The molecular formula is C30H42N8O5. The molecular weight excluding hydrogens is 552 g/mol. The van der Waals surface area contributed by atoms with Crippen molar-refractivity contribution in [3.63, 3.8) is 0 Å². The first-order valence-corrected chi connectivity index (χ1v) is 14.5. The summed E-state index contributed by atoms with van der Waals surface area (Å²) in [6.07, 6.45) is -1.50. The van der Waals surface area contributed by atoms with Gasteiger partial charge in [-0.15, -0.1) is 0 Å². The van der Waals surface area contributed by atoms with E-state index < -0.39 is 35.6 Å². The number of carbonyl (C=O) groups is 1. The first kappa shape index (κ1) is 33.5. The zero-order valence-electron chi connectivity index (χ0n) is 25.3. The van der Waals surface area contributed by atoms with Gasteiger partial charge in [-0.1, -0.05) is 34.5 Å². The number of aliphatic hydroxyl groups is 2. The Morgan fingerprint density at radius 2 is 1.30 bits per heavy atom. The molecule has 2 aromatic carbocycles. The van der Waals surface area contributed by atoms with Crippen LogP contribution in [0.4, 0.5) is 11.4 Å². The fourth-order valence-electron chi connectivity index (χ4n) is 5.27. The SMILES string of the molecule is CCN(CCN=[N+]=[N-])c1ccc(C2C(O)C(c3ccc(N(CCN=[N+]=[N-])CCOCC(=O)OC(C)(C)C)cc3)C2O)cc1. The van der Waals surface area contributed by atoms with Crippen LogP contribution in [0.5, 0.6) is 0 Å². The van der Waals surface area contributed by atoms with Gasteiger partial charge in [0.2, 0.25) is 0 Å². The monoisotopic (exact) mass is 594 g/mol. The molecule has 0 radical (unpaired) electrons. The lowest BCUT2D eigenvalue weighted by atomic mass is 9.63. The zero-order chi connectivity index (χ0) is 31.4. The highest BCUT2D eigenvalue weighted by Crippen LogP contribution is 2.48. The first-order chi connectivity index (χ1) is 20.6. The summed E-state index contributed by atoms with van der Waals surface area (Å²) < 4.78 is 10.8. The summed E-state index contributed by atoms with van der Waals surface area (Å²) in [6, 6.07) is 15.3. The van der Waals surface area contributed by atoms with Gasteiger partial charge in [0, 0.05) is 72.3 Å². The molecule has 0 bridgehead atoms. The number of carbonyl (C=O) groups excluding carboxylic acids is 1. The van der Waals surface area contributed by atoms with E-state index in [9.17, 15) is 15.0 Å². The van der Waals surface area contributed by atoms with E-state index in [1.54, 1.807) is 20.8 Å². The van der Waals surface area contributed by atoms with Crippen LogP contribution in [0.15, 0.2) is 58.8 Å². The summed E-state index contributed by atoms with van der Waals surface area (Å²) in [5.74, 6) is -1.27. The second kappa shape index (κ2) is 16.0. The van der Waals surface area contributed by atoms with E-state index in [2.05, 4.69) is 25.0 Å². The van der Waals surface area contributed by atoms with Gasteiger partial charge in [-0.05, 0) is 74.1 Å². The predicted octanol–water partition coefficient (Wildman–Crippen LogP) is 4.90. The third kappa shape index (κ3) is 9.51. The molecule has 2 unspecified atom stereocenters. The van der Waals surface area contributed by atoms with Crippen molar-refractivity contribution < 1.29 is 24.5 Å². The number of ether oxygens (including phenoxy) is 2. The second-order valence-corrected chi connectivity index (χ2v) is 11.3. The highest BCUT2D eigenvalue weighted by molar-refractivity contribution is 5.71. The minimum atomic E-state index is -0.749. The molecule has 1 aliphatic carbocycles. The van der Waals surface area contributed by atoms with Gasteiger partial charge in [-0.3, -0.25) is 0 Å². The molecule has 2 aromatic rings. The Balaban J connectivity index is 1.61. The molecule has 3 rings (SSSR count). The van der Waals surface area contributed by atoms with Crippen LogP contribution in [0, 0.1) is 0 Å². The van der Waals surface area contributed by atoms with Crippen LogP contribution >= 0.6 is 0 Å². The van der Waals surface area contributed by atoms with Crippen molar-refractivity contribution in [1.82, 2.24) is 0 Å². The van der Waals surface area contributed by atoms with Gasteiger partial charge >= 0.3 is 5.97 Å². The van der Waals surface area contributed by atoms with E-state index in [0.29, 0.717) is 26.2 Å². The fourth-order valence-corrected chi connectivity index (χ4v) is 5.27. The van der Waals surface area contributed by atoms with Crippen LogP contribution in [0.25, 0.3) is 20.9 Å². The van der Waals surface area contributed by atoms with Crippen molar-refractivity contribution in [2.24, 2.45) is 10.2 Å². The van der Waals surface area contributed by atoms with Gasteiger partial charge in [0.1, 0.15) is 12.2 Å². The number of anilines is 2. The van der Waals surface area contributed by atoms with E-state index in [1.165, 1.54) is 0 Å². The maximum absolute atomic E-state index is 11.9. The van der Waals surface area contributed by atoms with Gasteiger partial charge in [-0.25, -0.2) is 4.79 Å². The zero-order valence-corrected chi connectivity index (χ0v) is 25.3. The largest absolute Gasteiger partial charge is 0.458 e. The summed E-state index contributed by atoms with van der Waals surface area (Å²) in [5.41, 5.74) is 20.2. The molecule has 0 aliphatic heterocycles. The molecule has 0 amide bonds. The van der Waals surface area contributed by atoms with Crippen LogP contribution < -0.4 is 9.80 Å². The summed E-state index contributed by atoms with van der Waals surface area (Å²) in [7, 11) is 0. The quantitative estimate of drug-likeness (QED) is 0.0911. The lowest BCUT2D eigenvalue weighted by Gasteiger charge is -2.47. The normalized spacial score (nSPS) is 19.4. The van der Waals surface area contributed by atoms with Gasteiger partial charge in [0.15, 0.2) is 0 Å². The Kier molecular flexibility index (Phi) is 12.5. The predicted molar refractivity (Wildman–Crippen MR) is 165 cm³/mol. The third-order valence-corrected chi connectivity index (χ3v) is 7.35. The number of hydrogen-bond donors (Lipinski definition) is 2. The number of aliphatic hydroxyl groups excluding tert-OH is 2. The van der Waals surface area contributed by atoms with E-state index in [1.807, 2.05) is 60.4 Å². The van der Waals surface area contributed by atoms with Gasteiger partial charge < -0.3 is 29.5 Å². The third-order valence-electron chi connectivity index (χ3n) is 7.35. The molecule has 0 heterocycles. The molecule has 2 atom stereocenters. The average Bonchev–Trinajstić information content (AvgIpc) is 2.97. The number of hydrogen-bond acceptors (Lipinski definition) is 9. The Labute approximate surface area is 252 Å². The molecule has 0 aromatic heterocycles. The first-order valence-electron chi connectivity index (χ1n) is 14.5. The highest BCUT2D eigenvalue weighted by atomic mass is 16.6. The topological polar surface area (TPSA) is 180 Å². The van der Waals surface area contributed by atoms with Crippen LogP contribution in [0.2, 0.25) is 0 Å². The maximum Gasteiger partial charge on any atom is 0.332 e. The van der Waals surface area contributed by atoms with Gasteiger partial charge in [0.05, 0.1) is 18.8 Å². The van der Waals surface area contributed by atoms with Crippen molar-refractivity contribution in [2.45, 2.75) is 57.3 Å². The molecule has 1 saturated carbocycles. The summed E-state index contributed by atoms with van der Waals surface area (Å²) in [5, 5.41) is 29.4. The van der Waals surface area contributed by atoms with E-state index in [0.717, 1.165) is 29.0 Å². The van der Waals surface area contributed by atoms with Crippen molar-refractivity contribution in [2.75, 3.05) is 62.3 Å². The molecule has 1 aliphatic rings. The number of likely N-dealkylation sites (N-methyl/N-ethyl adjacent to an activating group) is 1. The maximum atomic E-state index is 11.9. The van der Waals surface area contributed by atoms with Gasteiger partial charge in [0.25, 0.3) is 0 Å². The number of benzene rings is 2. The Hall–Kier alpha value is -3.99. The van der Waals surface area contributed by atoms with Crippen LogP contribution in [0.3, 0.4) is 0 Å². The van der Waals surface area contributed by atoms with E-state index >= 15 is 0 Å². The smallest absolute Gasteiger partial charge is 0.332 e. The lowest BCUT2D eigenvalue weighted by Crippen LogP contribution is -2.51. The van der Waals surface area contributed by atoms with Crippen LogP contribution in [-0.4, -0.2) is 86.5 Å². The molecule has 2 N–H and O–H groups in total. The van der Waals surface area contributed by atoms with E-state index in [4.69, 9.17) is 20.5 Å². The number of esters is 1. The van der Waals surface area contributed by atoms with Crippen molar-refractivity contribution in [3.05, 3.63) is 80.5 Å². The summed E-state index contributed by atoms with van der Waals surface area (Å²) in [6.45, 7) is 10.4. The van der Waals surface area contributed by atoms with E-state index in [-0.39, 0.29) is 19.8 Å². The Morgan fingerprint density at radius 1 is 0.837 bits per heavy atom. The average molecular weight is 595 g/mol. The summed E-state index contributed by atoms with van der Waals surface area (Å²) >= 11 is 0. The fraction of sp³-hybridized carbons (Fsp3) is 0.567. The number of nitrogens with zero attached hydrogens (tertiary/aromatic N) is 8. The van der Waals surface area contributed by atoms with Crippen LogP contribution in [-0.2, 0) is 14.3 Å². The molecule has 0 spiro atoms. The Morgan fingerprint density at radius 3 is 1.74 bits per heavy atom.